The Morgan fingerprint density at radius 1 is 0.971 bits per heavy atom. The predicted octanol–water partition coefficient (Wildman–Crippen LogP) is 0.548. The van der Waals surface area contributed by atoms with E-state index in [-0.39, 0.29) is 6.61 Å². The summed E-state index contributed by atoms with van der Waals surface area (Å²) in [6.07, 6.45) is -5.37. The van der Waals surface area contributed by atoms with Gasteiger partial charge in [-0.1, -0.05) is 36.4 Å². The van der Waals surface area contributed by atoms with E-state index in [4.69, 9.17) is 14.2 Å². The third-order valence-electron chi connectivity index (χ3n) is 5.49. The van der Waals surface area contributed by atoms with Crippen molar-refractivity contribution < 1.29 is 39.4 Å². The van der Waals surface area contributed by atoms with E-state index >= 15 is 0 Å². The normalized spacial score (nSPS) is 24.4. The summed E-state index contributed by atoms with van der Waals surface area (Å²) in [6, 6.07) is 19.8. The molecule has 184 valence electrons. The highest BCUT2D eigenvalue weighted by atomic mass is 16.7. The van der Waals surface area contributed by atoms with Crippen molar-refractivity contribution in [1.82, 2.24) is 5.43 Å². The van der Waals surface area contributed by atoms with Gasteiger partial charge >= 0.3 is 0 Å². The molecule has 35 heavy (non-hydrogen) atoms. The molecule has 1 saturated heterocycles. The SMILES string of the molecule is O=C(COc1cccc2ccccc12)N/N=C\c1ccc(OC2OC(CO)C(O)C(O)C2O)cc1. The van der Waals surface area contributed by atoms with Crippen molar-refractivity contribution in [3.8, 4) is 11.5 Å². The van der Waals surface area contributed by atoms with Gasteiger partial charge in [-0.3, -0.25) is 4.79 Å². The third kappa shape index (κ3) is 5.94. The fourth-order valence-electron chi connectivity index (χ4n) is 3.61. The maximum absolute atomic E-state index is 12.1. The molecule has 5 atom stereocenters. The number of nitrogens with one attached hydrogen (secondary N) is 1. The number of hydrazone groups is 1. The van der Waals surface area contributed by atoms with Gasteiger partial charge in [0.25, 0.3) is 5.91 Å². The van der Waals surface area contributed by atoms with Crippen molar-refractivity contribution in [2.24, 2.45) is 5.10 Å². The summed E-state index contributed by atoms with van der Waals surface area (Å²) in [7, 11) is 0. The second-order valence-electron chi connectivity index (χ2n) is 7.94. The van der Waals surface area contributed by atoms with Crippen LogP contribution in [-0.4, -0.2) is 76.5 Å². The number of ether oxygens (including phenoxy) is 3. The first-order chi connectivity index (χ1) is 17.0. The van der Waals surface area contributed by atoms with Gasteiger partial charge in [0.05, 0.1) is 12.8 Å². The summed E-state index contributed by atoms with van der Waals surface area (Å²) in [5, 5.41) is 44.8. The molecule has 3 aromatic carbocycles. The van der Waals surface area contributed by atoms with Crippen molar-refractivity contribution in [3.63, 3.8) is 0 Å². The zero-order valence-corrected chi connectivity index (χ0v) is 18.6. The summed E-state index contributed by atoms with van der Waals surface area (Å²) in [4.78, 5) is 12.1. The van der Waals surface area contributed by atoms with Crippen molar-refractivity contribution in [2.45, 2.75) is 30.7 Å². The lowest BCUT2D eigenvalue weighted by molar-refractivity contribution is -0.277. The number of hydrogen-bond acceptors (Lipinski definition) is 9. The van der Waals surface area contributed by atoms with Crippen molar-refractivity contribution in [2.75, 3.05) is 13.2 Å². The third-order valence-corrected chi connectivity index (χ3v) is 5.49. The molecular weight excluding hydrogens is 456 g/mol. The van der Waals surface area contributed by atoms with Crippen LogP contribution in [0.4, 0.5) is 0 Å². The first kappa shape index (κ1) is 24.6. The molecule has 0 radical (unpaired) electrons. The number of carbonyl (C=O) groups excluding carboxylic acids is 1. The topological polar surface area (TPSA) is 150 Å². The Bertz CT molecular complexity index is 1160. The molecule has 0 saturated carbocycles. The molecule has 0 aromatic heterocycles. The van der Waals surface area contributed by atoms with Crippen LogP contribution in [0.2, 0.25) is 0 Å². The number of aliphatic hydroxyl groups excluding tert-OH is 4. The van der Waals surface area contributed by atoms with Crippen molar-refractivity contribution >= 4 is 22.9 Å². The van der Waals surface area contributed by atoms with Gasteiger partial charge in [0, 0.05) is 5.39 Å². The summed E-state index contributed by atoms with van der Waals surface area (Å²) < 4.78 is 16.5. The Balaban J connectivity index is 1.27. The van der Waals surface area contributed by atoms with Crippen LogP contribution in [0.25, 0.3) is 10.8 Å². The van der Waals surface area contributed by atoms with Crippen LogP contribution in [0.3, 0.4) is 0 Å². The average molecular weight is 482 g/mol. The molecule has 0 spiro atoms. The number of aliphatic hydroxyl groups is 4. The lowest BCUT2D eigenvalue weighted by Gasteiger charge is -2.39. The number of carbonyl (C=O) groups is 1. The van der Waals surface area contributed by atoms with Crippen molar-refractivity contribution in [3.05, 3.63) is 72.3 Å². The van der Waals surface area contributed by atoms with E-state index in [1.54, 1.807) is 30.3 Å². The van der Waals surface area contributed by atoms with Crippen LogP contribution >= 0.6 is 0 Å². The van der Waals surface area contributed by atoms with Crippen LogP contribution in [0.1, 0.15) is 5.56 Å². The van der Waals surface area contributed by atoms with Gasteiger partial charge in [-0.25, -0.2) is 5.43 Å². The highest BCUT2D eigenvalue weighted by Gasteiger charge is 2.44. The standard InChI is InChI=1S/C25H26N2O8/c28-13-20-22(30)23(31)24(32)25(35-20)34-17-10-8-15(9-11-17)12-26-27-21(29)14-33-19-7-3-5-16-4-1-2-6-18(16)19/h1-12,20,22-25,28,30-32H,13-14H2,(H,27,29)/b26-12-. The van der Waals surface area contributed by atoms with E-state index in [0.717, 1.165) is 10.8 Å². The molecular formula is C25H26N2O8. The maximum Gasteiger partial charge on any atom is 0.277 e. The maximum atomic E-state index is 12.1. The van der Waals surface area contributed by atoms with Gasteiger partial charge in [-0.15, -0.1) is 0 Å². The molecule has 3 aromatic rings. The molecule has 1 fully saturated rings. The molecule has 10 nitrogen and oxygen atoms in total. The van der Waals surface area contributed by atoms with Crippen LogP contribution in [0.5, 0.6) is 11.5 Å². The van der Waals surface area contributed by atoms with Crippen LogP contribution in [0.15, 0.2) is 71.8 Å². The highest BCUT2D eigenvalue weighted by molar-refractivity contribution is 5.89. The molecule has 1 heterocycles. The molecule has 5 N–H and O–H groups in total. The molecule has 1 aliphatic heterocycles. The van der Waals surface area contributed by atoms with E-state index in [2.05, 4.69) is 10.5 Å². The number of benzene rings is 3. The zero-order chi connectivity index (χ0) is 24.8. The molecule has 0 bridgehead atoms. The minimum Gasteiger partial charge on any atom is -0.483 e. The summed E-state index contributed by atoms with van der Waals surface area (Å²) in [6.45, 7) is -0.740. The number of nitrogens with zero attached hydrogens (tertiary/aromatic N) is 1. The minimum absolute atomic E-state index is 0.197. The first-order valence-electron chi connectivity index (χ1n) is 11.0. The molecule has 0 aliphatic carbocycles. The van der Waals surface area contributed by atoms with Crippen molar-refractivity contribution in [1.29, 1.82) is 0 Å². The Morgan fingerprint density at radius 2 is 1.71 bits per heavy atom. The van der Waals surface area contributed by atoms with Gasteiger partial charge in [0.2, 0.25) is 6.29 Å². The van der Waals surface area contributed by atoms with Gasteiger partial charge < -0.3 is 34.6 Å². The Hall–Kier alpha value is -3.54. The van der Waals surface area contributed by atoms with E-state index in [0.29, 0.717) is 17.1 Å². The lowest BCUT2D eigenvalue weighted by Crippen LogP contribution is -2.60. The van der Waals surface area contributed by atoms with E-state index < -0.39 is 43.2 Å². The fraction of sp³-hybridized carbons (Fsp3) is 0.280. The summed E-state index contributed by atoms with van der Waals surface area (Å²) in [5.41, 5.74) is 3.06. The largest absolute Gasteiger partial charge is 0.483 e. The van der Waals surface area contributed by atoms with Crippen LogP contribution in [0, 0.1) is 0 Å². The van der Waals surface area contributed by atoms with Gasteiger partial charge in [-0.2, -0.15) is 5.10 Å². The minimum atomic E-state index is -1.52. The van der Waals surface area contributed by atoms with E-state index in [1.807, 2.05) is 36.4 Å². The first-order valence-corrected chi connectivity index (χ1v) is 11.0. The Kier molecular flexibility index (Phi) is 7.91. The lowest BCUT2D eigenvalue weighted by atomic mass is 9.99. The monoisotopic (exact) mass is 482 g/mol. The summed E-state index contributed by atoms with van der Waals surface area (Å²) in [5.74, 6) is 0.507. The number of amides is 1. The molecule has 5 unspecified atom stereocenters. The fourth-order valence-corrected chi connectivity index (χ4v) is 3.61. The second-order valence-corrected chi connectivity index (χ2v) is 7.94. The van der Waals surface area contributed by atoms with Gasteiger partial charge in [0.15, 0.2) is 6.61 Å². The van der Waals surface area contributed by atoms with Gasteiger partial charge in [-0.05, 0) is 41.3 Å². The highest BCUT2D eigenvalue weighted by Crippen LogP contribution is 2.25. The Labute approximate surface area is 201 Å². The molecule has 10 heteroatoms. The molecule has 1 amide bonds. The number of hydrogen-bond donors (Lipinski definition) is 5. The second kappa shape index (κ2) is 11.3. The van der Waals surface area contributed by atoms with Crippen LogP contribution in [-0.2, 0) is 9.53 Å². The van der Waals surface area contributed by atoms with E-state index in [9.17, 15) is 25.2 Å². The van der Waals surface area contributed by atoms with E-state index in [1.165, 1.54) is 6.21 Å². The number of rotatable bonds is 8. The molecule has 1 aliphatic rings. The molecule has 4 rings (SSSR count). The number of fused-ring (bicyclic) bond motifs is 1. The Morgan fingerprint density at radius 3 is 2.49 bits per heavy atom. The van der Waals surface area contributed by atoms with Gasteiger partial charge in [0.1, 0.15) is 35.9 Å². The summed E-state index contributed by atoms with van der Waals surface area (Å²) >= 11 is 0. The smallest absolute Gasteiger partial charge is 0.277 e. The predicted molar refractivity (Wildman–Crippen MR) is 126 cm³/mol. The zero-order valence-electron chi connectivity index (χ0n) is 18.6. The van der Waals surface area contributed by atoms with Crippen LogP contribution < -0.4 is 14.9 Å². The average Bonchev–Trinajstić information content (AvgIpc) is 2.88. The quantitative estimate of drug-likeness (QED) is 0.231.